The van der Waals surface area contributed by atoms with E-state index < -0.39 is 22.0 Å². The van der Waals surface area contributed by atoms with E-state index >= 15 is 0 Å². The van der Waals surface area contributed by atoms with Crippen LogP contribution in [0.4, 0.5) is 5.69 Å². The quantitative estimate of drug-likeness (QED) is 0.0887. The zero-order valence-corrected chi connectivity index (χ0v) is 31.0. The number of halogens is 3. The van der Waals surface area contributed by atoms with Crippen LogP contribution in [0, 0.1) is 19.3 Å². The smallest absolute Gasteiger partial charge is 0.245 e. The number of carbonyl (C=O) groups is 2. The van der Waals surface area contributed by atoms with Crippen LogP contribution in [0.3, 0.4) is 0 Å². The summed E-state index contributed by atoms with van der Waals surface area (Å²) in [6.45, 7) is 4.14. The lowest BCUT2D eigenvalue weighted by Crippen LogP contribution is -2.46. The second kappa shape index (κ2) is 16.4. The summed E-state index contributed by atoms with van der Waals surface area (Å²) >= 11 is 13.2. The number of nitrogens with two attached hydrogens (primary N) is 1. The number of sulfonamides is 1. The largest absolute Gasteiger partial charge is 0.487 e. The summed E-state index contributed by atoms with van der Waals surface area (Å²) in [6.07, 6.45) is 1.36. The molecule has 0 spiro atoms. The van der Waals surface area contributed by atoms with Gasteiger partial charge in [-0.2, -0.15) is 4.31 Å². The molecule has 3 aromatic carbocycles. The average molecular weight is 762 g/mol. The zero-order valence-electron chi connectivity index (χ0n) is 27.8. The Morgan fingerprint density at radius 3 is 2.54 bits per heavy atom. The van der Waals surface area contributed by atoms with Crippen molar-refractivity contribution in [1.29, 1.82) is 5.41 Å². The van der Waals surface area contributed by atoms with Crippen molar-refractivity contribution in [3.05, 3.63) is 93.1 Å². The number of nitrogens with one attached hydrogen (secondary N) is 2. The zero-order chi connectivity index (χ0) is 35.5. The maximum absolute atomic E-state index is 13.9. The van der Waals surface area contributed by atoms with Gasteiger partial charge in [-0.05, 0) is 87.2 Å². The van der Waals surface area contributed by atoms with Crippen LogP contribution < -0.4 is 20.7 Å². The summed E-state index contributed by atoms with van der Waals surface area (Å²) in [4.78, 5) is 31.9. The van der Waals surface area contributed by atoms with Gasteiger partial charge in [0.1, 0.15) is 34.6 Å². The van der Waals surface area contributed by atoms with Crippen LogP contribution in [0.5, 0.6) is 5.75 Å². The van der Waals surface area contributed by atoms with Gasteiger partial charge in [-0.1, -0.05) is 35.3 Å². The Morgan fingerprint density at radius 2 is 1.84 bits per heavy atom. The number of amidine groups is 1. The maximum atomic E-state index is 13.9. The molecule has 1 fully saturated rings. The van der Waals surface area contributed by atoms with E-state index in [1.54, 1.807) is 37.4 Å². The second-order valence-electron chi connectivity index (χ2n) is 11.9. The van der Waals surface area contributed by atoms with Crippen molar-refractivity contribution in [2.24, 2.45) is 5.73 Å². The highest BCUT2D eigenvalue weighted by Gasteiger charge is 2.40. The molecule has 4 N–H and O–H groups in total. The monoisotopic (exact) mass is 760 g/mol. The highest BCUT2D eigenvalue weighted by atomic mass is 35.5. The Kier molecular flexibility index (Phi) is 12.7. The lowest BCUT2D eigenvalue weighted by Gasteiger charge is -2.24. The molecule has 0 saturated carbocycles. The number of nitrogen functional groups attached to an aromatic ring is 1. The van der Waals surface area contributed by atoms with Gasteiger partial charge in [0.2, 0.25) is 21.8 Å². The van der Waals surface area contributed by atoms with Gasteiger partial charge in [0.05, 0.1) is 5.02 Å². The van der Waals surface area contributed by atoms with E-state index in [0.717, 1.165) is 16.6 Å². The molecule has 266 valence electrons. The number of aryl methyl sites for hydroxylation is 2. The number of hydrogen-bond acceptors (Lipinski definition) is 7. The van der Waals surface area contributed by atoms with Crippen LogP contribution in [0.1, 0.15) is 48.1 Å². The van der Waals surface area contributed by atoms with Crippen LogP contribution in [-0.2, 0) is 26.2 Å². The molecule has 1 aliphatic rings. The first-order valence-electron chi connectivity index (χ1n) is 15.8. The number of aromatic nitrogens is 1. The van der Waals surface area contributed by atoms with Gasteiger partial charge < -0.3 is 20.7 Å². The molecule has 0 bridgehead atoms. The lowest BCUT2D eigenvalue weighted by atomic mass is 10.1. The number of amides is 2. The predicted molar refractivity (Wildman–Crippen MR) is 199 cm³/mol. The number of carbonyl (C=O) groups excluding carboxylic acids is 2. The summed E-state index contributed by atoms with van der Waals surface area (Å²) in [7, 11) is -2.55. The lowest BCUT2D eigenvalue weighted by molar-refractivity contribution is -0.124. The van der Waals surface area contributed by atoms with E-state index in [1.807, 2.05) is 32.0 Å². The number of benzene rings is 3. The molecule has 15 heteroatoms. The number of fused-ring (bicyclic) bond motifs is 1. The van der Waals surface area contributed by atoms with Gasteiger partial charge in [-0.25, -0.2) is 13.4 Å². The third-order valence-corrected chi connectivity index (χ3v) is 11.4. The predicted octanol–water partition coefficient (Wildman–Crippen LogP) is 6.16. The Hall–Kier alpha value is -3.94. The van der Waals surface area contributed by atoms with Crippen LogP contribution in [0.15, 0.2) is 65.6 Å². The Balaban J connectivity index is 0.00000562. The van der Waals surface area contributed by atoms with Crippen molar-refractivity contribution in [2.45, 2.75) is 57.1 Å². The van der Waals surface area contributed by atoms with Crippen LogP contribution in [0.25, 0.3) is 10.9 Å². The minimum absolute atomic E-state index is 0. The summed E-state index contributed by atoms with van der Waals surface area (Å²) in [5, 5.41) is 11.4. The molecule has 2 heterocycles. The van der Waals surface area contributed by atoms with Gasteiger partial charge in [0.25, 0.3) is 0 Å². The molecule has 1 saturated heterocycles. The maximum Gasteiger partial charge on any atom is 0.245 e. The number of para-hydroxylation sites is 1. The third kappa shape index (κ3) is 8.33. The SMILES string of the molecule is Cc1cc(C)c2cccc(OCc3c(Cl)ccc(S(=O)(=O)N4CCC[C@H]4C(=O)NCCCC(=O)N(C)c4ccc(C(=N)N)cc4)c3Cl)c2n1.Cl. The topological polar surface area (TPSA) is 159 Å². The van der Waals surface area contributed by atoms with Crippen molar-refractivity contribution < 1.29 is 22.7 Å². The van der Waals surface area contributed by atoms with Gasteiger partial charge in [-0.3, -0.25) is 15.0 Å². The number of nitrogens with zero attached hydrogens (tertiary/aromatic N) is 3. The van der Waals surface area contributed by atoms with Crippen molar-refractivity contribution in [3.63, 3.8) is 0 Å². The van der Waals surface area contributed by atoms with Gasteiger partial charge in [-0.15, -0.1) is 12.4 Å². The standard InChI is InChI=1S/C35H38Cl2N6O5S.ClH/c1-21-19-22(2)41-33-25(21)7-4-9-29(33)48-20-26-27(36)15-16-30(32(26)37)49(46,47)43-18-6-8-28(43)35(45)40-17-5-10-31(44)42(3)24-13-11-23(12-14-24)34(38)39;/h4,7,9,11-16,19,28H,5-6,8,10,17-18,20H2,1-3H3,(H3,38,39)(H,40,45);1H/t28-;/m0./s1. The number of ether oxygens (including phenoxy) is 1. The molecular weight excluding hydrogens is 723 g/mol. The van der Waals surface area contributed by atoms with Crippen LogP contribution in [0.2, 0.25) is 10.0 Å². The number of hydrogen-bond donors (Lipinski definition) is 3. The van der Waals surface area contributed by atoms with E-state index in [-0.39, 0.29) is 65.2 Å². The van der Waals surface area contributed by atoms with E-state index in [9.17, 15) is 18.0 Å². The molecule has 1 atom stereocenters. The average Bonchev–Trinajstić information content (AvgIpc) is 3.58. The van der Waals surface area contributed by atoms with Crippen molar-refractivity contribution in [2.75, 3.05) is 25.0 Å². The van der Waals surface area contributed by atoms with E-state index in [2.05, 4.69) is 10.3 Å². The molecule has 0 unspecified atom stereocenters. The Labute approximate surface area is 308 Å². The highest BCUT2D eigenvalue weighted by Crippen LogP contribution is 2.36. The molecule has 1 aliphatic heterocycles. The van der Waals surface area contributed by atoms with Gasteiger partial charge >= 0.3 is 0 Å². The van der Waals surface area contributed by atoms with Gasteiger partial charge in [0.15, 0.2) is 0 Å². The first-order chi connectivity index (χ1) is 23.3. The van der Waals surface area contributed by atoms with E-state index in [4.69, 9.17) is 39.1 Å². The van der Waals surface area contributed by atoms with E-state index in [0.29, 0.717) is 47.3 Å². The molecule has 5 rings (SSSR count). The molecule has 2 amide bonds. The molecule has 0 radical (unpaired) electrons. The van der Waals surface area contributed by atoms with Crippen LogP contribution >= 0.6 is 35.6 Å². The Morgan fingerprint density at radius 1 is 1.12 bits per heavy atom. The summed E-state index contributed by atoms with van der Waals surface area (Å²) in [5.41, 5.74) is 9.57. The molecule has 11 nitrogen and oxygen atoms in total. The van der Waals surface area contributed by atoms with Crippen molar-refractivity contribution >= 4 is 79.9 Å². The minimum Gasteiger partial charge on any atom is -0.487 e. The number of pyridine rings is 1. The number of anilines is 1. The Bertz CT molecular complexity index is 2030. The minimum atomic E-state index is -4.19. The fraction of sp³-hybridized carbons (Fsp3) is 0.314. The molecule has 1 aromatic heterocycles. The van der Waals surface area contributed by atoms with Crippen molar-refractivity contribution in [1.82, 2.24) is 14.6 Å². The summed E-state index contributed by atoms with van der Waals surface area (Å²) < 4.78 is 35.2. The first-order valence-corrected chi connectivity index (χ1v) is 18.0. The number of rotatable bonds is 12. The summed E-state index contributed by atoms with van der Waals surface area (Å²) in [5.74, 6) is -0.146. The molecule has 0 aliphatic carbocycles. The normalized spacial score (nSPS) is 14.6. The second-order valence-corrected chi connectivity index (χ2v) is 14.6. The van der Waals surface area contributed by atoms with Crippen LogP contribution in [-0.4, -0.2) is 61.5 Å². The van der Waals surface area contributed by atoms with Gasteiger partial charge in [0, 0.05) is 59.5 Å². The third-order valence-electron chi connectivity index (χ3n) is 8.56. The molecule has 4 aromatic rings. The first kappa shape index (κ1) is 38.9. The fourth-order valence-electron chi connectivity index (χ4n) is 5.89. The van der Waals surface area contributed by atoms with E-state index in [1.165, 1.54) is 21.3 Å². The fourth-order valence-corrected chi connectivity index (χ4v) is 8.41. The summed E-state index contributed by atoms with van der Waals surface area (Å²) in [6, 6.07) is 16.2. The molecular formula is C35H39Cl3N6O5S. The molecule has 50 heavy (non-hydrogen) atoms. The van der Waals surface area contributed by atoms with Crippen molar-refractivity contribution in [3.8, 4) is 5.75 Å². The highest BCUT2D eigenvalue weighted by molar-refractivity contribution is 7.89.